The Hall–Kier alpha value is -2.05. The highest BCUT2D eigenvalue weighted by Gasteiger charge is 2.32. The second-order valence-corrected chi connectivity index (χ2v) is 9.40. The number of anilines is 1. The summed E-state index contributed by atoms with van der Waals surface area (Å²) in [6.07, 6.45) is 4.61. The summed E-state index contributed by atoms with van der Waals surface area (Å²) in [6, 6.07) is 1.76. The minimum Gasteiger partial charge on any atom is -0.318 e. The standard InChI is InChI=1S/C15H18FN6OP/c1-10-18-13(20-16)11-9-12(24(23)7-5-21(2)6-8-24)15-17-3-4-22(15)14(11)19-10/h3-4,9H,5-8H2,1-2H3,(H,18,19,20). The van der Waals surface area contributed by atoms with Crippen LogP contribution in [-0.4, -0.2) is 56.7 Å². The van der Waals surface area contributed by atoms with Crippen LogP contribution in [0.4, 0.5) is 10.3 Å². The Kier molecular flexibility index (Phi) is 3.54. The molecule has 4 heterocycles. The topological polar surface area (TPSA) is 75.4 Å². The molecule has 4 rings (SSSR count). The Balaban J connectivity index is 2.03. The minimum absolute atomic E-state index is 0.0927. The predicted molar refractivity (Wildman–Crippen MR) is 92.2 cm³/mol. The summed E-state index contributed by atoms with van der Waals surface area (Å²) in [4.78, 5) is 15.1. The van der Waals surface area contributed by atoms with E-state index in [4.69, 9.17) is 0 Å². The molecule has 1 N–H and O–H groups in total. The van der Waals surface area contributed by atoms with Crippen molar-refractivity contribution < 1.29 is 9.05 Å². The fourth-order valence-corrected chi connectivity index (χ4v) is 6.18. The molecule has 9 heteroatoms. The van der Waals surface area contributed by atoms with Gasteiger partial charge in [-0.1, -0.05) is 0 Å². The van der Waals surface area contributed by atoms with Gasteiger partial charge in [-0.3, -0.25) is 4.40 Å². The van der Waals surface area contributed by atoms with Gasteiger partial charge in [0.25, 0.3) is 0 Å². The number of imidazole rings is 1. The van der Waals surface area contributed by atoms with Gasteiger partial charge in [0, 0.05) is 37.8 Å². The third-order valence-electron chi connectivity index (χ3n) is 4.63. The van der Waals surface area contributed by atoms with E-state index in [9.17, 15) is 9.05 Å². The maximum absolute atomic E-state index is 13.6. The van der Waals surface area contributed by atoms with Crippen molar-refractivity contribution >= 4 is 34.9 Å². The first-order valence-electron chi connectivity index (χ1n) is 7.80. The lowest BCUT2D eigenvalue weighted by molar-refractivity contribution is 0.361. The minimum atomic E-state index is -2.59. The number of aromatic nitrogens is 4. The van der Waals surface area contributed by atoms with Crippen LogP contribution in [0.2, 0.25) is 0 Å². The van der Waals surface area contributed by atoms with Gasteiger partial charge >= 0.3 is 0 Å². The lowest BCUT2D eigenvalue weighted by atomic mass is 10.3. The van der Waals surface area contributed by atoms with E-state index < -0.39 is 7.14 Å². The summed E-state index contributed by atoms with van der Waals surface area (Å²) in [7, 11) is -0.568. The van der Waals surface area contributed by atoms with Gasteiger partial charge in [0.05, 0.1) is 10.7 Å². The summed E-state index contributed by atoms with van der Waals surface area (Å²) in [6.45, 7) is 3.26. The molecule has 126 valence electrons. The molecule has 1 saturated heterocycles. The first kappa shape index (κ1) is 15.5. The fourth-order valence-electron chi connectivity index (χ4n) is 3.25. The van der Waals surface area contributed by atoms with Crippen LogP contribution in [0.3, 0.4) is 0 Å². The molecule has 0 aromatic carbocycles. The SMILES string of the molecule is Cc1nc(NF)c2cc(P3(=O)CCN(C)CC3)c3nccn3c2n1. The average molecular weight is 348 g/mol. The Morgan fingerprint density at radius 3 is 2.71 bits per heavy atom. The van der Waals surface area contributed by atoms with E-state index in [0.29, 0.717) is 40.1 Å². The van der Waals surface area contributed by atoms with E-state index in [1.54, 1.807) is 35.3 Å². The zero-order valence-electron chi connectivity index (χ0n) is 13.5. The van der Waals surface area contributed by atoms with Gasteiger partial charge in [-0.15, -0.1) is 4.48 Å². The molecular formula is C15H18FN6OP. The molecule has 1 aliphatic heterocycles. The van der Waals surface area contributed by atoms with Gasteiger partial charge in [0.1, 0.15) is 18.6 Å². The Morgan fingerprint density at radius 1 is 1.25 bits per heavy atom. The number of fused-ring (bicyclic) bond motifs is 3. The molecule has 0 radical (unpaired) electrons. The monoisotopic (exact) mass is 348 g/mol. The Labute approximate surface area is 138 Å². The van der Waals surface area contributed by atoms with Crippen LogP contribution in [0.15, 0.2) is 18.5 Å². The number of halogens is 1. The molecule has 0 unspecified atom stereocenters. The summed E-state index contributed by atoms with van der Waals surface area (Å²) in [5, 5.41) is 1.20. The van der Waals surface area contributed by atoms with Crippen molar-refractivity contribution in [2.24, 2.45) is 0 Å². The molecule has 0 atom stereocenters. The highest BCUT2D eigenvalue weighted by molar-refractivity contribution is 7.72. The second kappa shape index (κ2) is 5.50. The summed E-state index contributed by atoms with van der Waals surface area (Å²) < 4.78 is 28.6. The highest BCUT2D eigenvalue weighted by atomic mass is 31.2. The van der Waals surface area contributed by atoms with Crippen molar-refractivity contribution in [3.05, 3.63) is 24.3 Å². The molecule has 3 aromatic heterocycles. The first-order valence-corrected chi connectivity index (χ1v) is 9.88. The zero-order chi connectivity index (χ0) is 16.9. The third kappa shape index (κ3) is 2.29. The highest BCUT2D eigenvalue weighted by Crippen LogP contribution is 2.47. The third-order valence-corrected chi connectivity index (χ3v) is 7.68. The number of nitrogens with one attached hydrogen (secondary N) is 1. The van der Waals surface area contributed by atoms with Gasteiger partial charge in [0.2, 0.25) is 0 Å². The summed E-state index contributed by atoms with van der Waals surface area (Å²) in [5.74, 6) is 0.548. The quantitative estimate of drug-likeness (QED) is 0.562. The van der Waals surface area contributed by atoms with E-state index in [1.807, 2.05) is 7.05 Å². The van der Waals surface area contributed by atoms with Crippen LogP contribution >= 0.6 is 7.14 Å². The fraction of sp³-hybridized carbons (Fsp3) is 0.400. The summed E-state index contributed by atoms with van der Waals surface area (Å²) >= 11 is 0. The first-order chi connectivity index (χ1) is 11.5. The molecule has 0 amide bonds. The predicted octanol–water partition coefficient (Wildman–Crippen LogP) is 1.82. The van der Waals surface area contributed by atoms with E-state index in [0.717, 1.165) is 13.1 Å². The molecule has 1 fully saturated rings. The average Bonchev–Trinajstić information content (AvgIpc) is 3.06. The van der Waals surface area contributed by atoms with Gasteiger partial charge in [-0.2, -0.15) is 0 Å². The normalized spacial score (nSPS) is 18.3. The van der Waals surface area contributed by atoms with Gasteiger partial charge in [-0.25, -0.2) is 20.5 Å². The molecular weight excluding hydrogens is 330 g/mol. The van der Waals surface area contributed by atoms with Crippen LogP contribution in [0, 0.1) is 6.92 Å². The van der Waals surface area contributed by atoms with Crippen LogP contribution in [0.5, 0.6) is 0 Å². The van der Waals surface area contributed by atoms with Crippen LogP contribution in [0.25, 0.3) is 16.7 Å². The maximum atomic E-state index is 13.6. The second-order valence-electron chi connectivity index (χ2n) is 6.24. The Morgan fingerprint density at radius 2 is 2.00 bits per heavy atom. The molecule has 3 aromatic rings. The molecule has 0 aliphatic carbocycles. The van der Waals surface area contributed by atoms with E-state index in [1.165, 1.54) is 0 Å². The Bertz CT molecular complexity index is 975. The smallest absolute Gasteiger partial charge is 0.167 e. The van der Waals surface area contributed by atoms with E-state index in [2.05, 4.69) is 19.9 Å². The van der Waals surface area contributed by atoms with Crippen LogP contribution in [-0.2, 0) is 4.57 Å². The van der Waals surface area contributed by atoms with Gasteiger partial charge in [-0.05, 0) is 20.0 Å². The van der Waals surface area contributed by atoms with Crippen molar-refractivity contribution in [3.8, 4) is 0 Å². The van der Waals surface area contributed by atoms with Gasteiger partial charge in [0.15, 0.2) is 11.5 Å². The van der Waals surface area contributed by atoms with Crippen molar-refractivity contribution in [1.82, 2.24) is 24.3 Å². The number of aryl methyl sites for hydroxylation is 1. The number of nitrogens with zero attached hydrogens (tertiary/aromatic N) is 5. The van der Waals surface area contributed by atoms with Crippen LogP contribution < -0.4 is 10.8 Å². The van der Waals surface area contributed by atoms with E-state index in [-0.39, 0.29) is 5.82 Å². The number of hydrogen-bond acceptors (Lipinski definition) is 6. The molecule has 0 bridgehead atoms. The van der Waals surface area contributed by atoms with Crippen molar-refractivity contribution in [1.29, 1.82) is 0 Å². The lowest BCUT2D eigenvalue weighted by Crippen LogP contribution is -2.34. The zero-order valence-corrected chi connectivity index (χ0v) is 14.4. The largest absolute Gasteiger partial charge is 0.318 e. The molecule has 0 spiro atoms. The van der Waals surface area contributed by atoms with E-state index >= 15 is 0 Å². The van der Waals surface area contributed by atoms with Crippen molar-refractivity contribution in [2.75, 3.05) is 38.0 Å². The molecule has 24 heavy (non-hydrogen) atoms. The lowest BCUT2D eigenvalue weighted by Gasteiger charge is -2.30. The maximum Gasteiger partial charge on any atom is 0.167 e. The summed E-state index contributed by atoms with van der Waals surface area (Å²) in [5.41, 5.74) is 2.83. The number of pyridine rings is 1. The molecule has 1 aliphatic rings. The number of rotatable bonds is 2. The molecule has 7 nitrogen and oxygen atoms in total. The molecule has 0 saturated carbocycles. The number of hydrogen-bond donors (Lipinski definition) is 1. The van der Waals surface area contributed by atoms with Gasteiger partial charge < -0.3 is 9.46 Å². The van der Waals surface area contributed by atoms with Crippen molar-refractivity contribution in [3.63, 3.8) is 0 Å². The van der Waals surface area contributed by atoms with Crippen molar-refractivity contribution in [2.45, 2.75) is 6.92 Å². The van der Waals surface area contributed by atoms with Crippen LogP contribution in [0.1, 0.15) is 5.82 Å².